The van der Waals surface area contributed by atoms with Crippen molar-refractivity contribution in [2.75, 3.05) is 39.3 Å². The van der Waals surface area contributed by atoms with E-state index in [4.69, 9.17) is 0 Å². The van der Waals surface area contributed by atoms with E-state index in [0.29, 0.717) is 58.0 Å². The van der Waals surface area contributed by atoms with Crippen molar-refractivity contribution in [3.8, 4) is 5.75 Å². The molecule has 1 aliphatic carbocycles. The second-order valence-corrected chi connectivity index (χ2v) is 10.7. The number of nitrogens with one attached hydrogen (secondary N) is 1. The standard InChI is InChI=1S/C28H40N4O5/c33-24-11-9-22(10-12-24)14-17-32-23(20-29-25(34)26(32)35)8-4-5-15-30-18-19-31(28(37)27(30)36)16-13-21-6-2-1-3-7-21/h9-12,21,23,33H,1-8,13-20H2,(H,29,34)/t23-/m0/s1. The Morgan fingerprint density at radius 1 is 0.784 bits per heavy atom. The molecule has 3 aliphatic rings. The predicted molar refractivity (Wildman–Crippen MR) is 139 cm³/mol. The van der Waals surface area contributed by atoms with Gasteiger partial charge in [0.25, 0.3) is 0 Å². The van der Waals surface area contributed by atoms with Gasteiger partial charge in [0.1, 0.15) is 5.75 Å². The third-order valence-electron chi connectivity index (χ3n) is 8.12. The first-order chi connectivity index (χ1) is 17.9. The first kappa shape index (κ1) is 26.9. The zero-order chi connectivity index (χ0) is 26.2. The number of piperazine rings is 2. The highest BCUT2D eigenvalue weighted by Crippen LogP contribution is 2.26. The van der Waals surface area contributed by atoms with Crippen molar-refractivity contribution in [3.63, 3.8) is 0 Å². The molecule has 37 heavy (non-hydrogen) atoms. The van der Waals surface area contributed by atoms with Crippen LogP contribution in [0.15, 0.2) is 24.3 Å². The summed E-state index contributed by atoms with van der Waals surface area (Å²) in [6.07, 6.45) is 10.2. The number of amides is 4. The summed E-state index contributed by atoms with van der Waals surface area (Å²) in [5.74, 6) is -0.982. The molecule has 2 saturated heterocycles. The number of rotatable bonds is 11. The van der Waals surface area contributed by atoms with Gasteiger partial charge >= 0.3 is 23.6 Å². The molecule has 202 valence electrons. The van der Waals surface area contributed by atoms with Gasteiger partial charge in [-0.1, -0.05) is 44.2 Å². The highest BCUT2D eigenvalue weighted by Gasteiger charge is 2.34. The van der Waals surface area contributed by atoms with Crippen molar-refractivity contribution in [1.82, 2.24) is 20.0 Å². The number of aromatic hydroxyl groups is 1. The topological polar surface area (TPSA) is 110 Å². The quantitative estimate of drug-likeness (QED) is 0.348. The summed E-state index contributed by atoms with van der Waals surface area (Å²) in [6, 6.07) is 6.75. The zero-order valence-corrected chi connectivity index (χ0v) is 21.7. The Labute approximate surface area is 219 Å². The lowest BCUT2D eigenvalue weighted by atomic mass is 9.87. The van der Waals surface area contributed by atoms with Crippen molar-refractivity contribution in [2.45, 2.75) is 70.3 Å². The van der Waals surface area contributed by atoms with Gasteiger partial charge in [-0.25, -0.2) is 0 Å². The SMILES string of the molecule is O=C1NC[C@H](CCCCN2CCN(CCC3CCCCC3)C(=O)C2=O)N(CCc2ccc(O)cc2)C1=O. The van der Waals surface area contributed by atoms with E-state index in [1.807, 2.05) is 12.1 Å². The van der Waals surface area contributed by atoms with Crippen LogP contribution >= 0.6 is 0 Å². The molecule has 2 aliphatic heterocycles. The van der Waals surface area contributed by atoms with Gasteiger partial charge in [-0.15, -0.1) is 0 Å². The second-order valence-electron chi connectivity index (χ2n) is 10.7. The maximum atomic E-state index is 12.7. The highest BCUT2D eigenvalue weighted by molar-refractivity contribution is 6.36. The molecule has 1 aromatic carbocycles. The number of hydrogen-bond donors (Lipinski definition) is 2. The van der Waals surface area contributed by atoms with E-state index >= 15 is 0 Å². The van der Waals surface area contributed by atoms with E-state index < -0.39 is 17.7 Å². The smallest absolute Gasteiger partial charge is 0.312 e. The van der Waals surface area contributed by atoms with Crippen LogP contribution in [0.3, 0.4) is 0 Å². The Morgan fingerprint density at radius 2 is 1.46 bits per heavy atom. The number of nitrogens with zero attached hydrogens (tertiary/aromatic N) is 3. The van der Waals surface area contributed by atoms with E-state index in [2.05, 4.69) is 5.32 Å². The fourth-order valence-electron chi connectivity index (χ4n) is 5.79. The minimum absolute atomic E-state index is 0.101. The maximum absolute atomic E-state index is 12.7. The third kappa shape index (κ3) is 7.23. The number of unbranched alkanes of at least 4 members (excludes halogenated alkanes) is 1. The lowest BCUT2D eigenvalue weighted by Gasteiger charge is -2.36. The van der Waals surface area contributed by atoms with E-state index in [1.165, 1.54) is 32.1 Å². The molecule has 0 unspecified atom stereocenters. The van der Waals surface area contributed by atoms with Crippen molar-refractivity contribution in [2.24, 2.45) is 5.92 Å². The molecule has 4 amide bonds. The van der Waals surface area contributed by atoms with E-state index in [1.54, 1.807) is 26.8 Å². The first-order valence-electron chi connectivity index (χ1n) is 13.9. The van der Waals surface area contributed by atoms with Crippen molar-refractivity contribution in [3.05, 3.63) is 29.8 Å². The predicted octanol–water partition coefficient (Wildman–Crippen LogP) is 2.07. The summed E-state index contributed by atoms with van der Waals surface area (Å²) < 4.78 is 0. The lowest BCUT2D eigenvalue weighted by molar-refractivity contribution is -0.156. The molecule has 0 aromatic heterocycles. The van der Waals surface area contributed by atoms with Crippen LogP contribution in [-0.4, -0.2) is 88.7 Å². The minimum atomic E-state index is -0.576. The Kier molecular flexibility index (Phi) is 9.41. The minimum Gasteiger partial charge on any atom is -0.508 e. The maximum Gasteiger partial charge on any atom is 0.312 e. The summed E-state index contributed by atoms with van der Waals surface area (Å²) >= 11 is 0. The van der Waals surface area contributed by atoms with E-state index in [-0.39, 0.29) is 17.7 Å². The van der Waals surface area contributed by atoms with Crippen LogP contribution in [0.25, 0.3) is 0 Å². The summed E-state index contributed by atoms with van der Waals surface area (Å²) in [7, 11) is 0. The largest absolute Gasteiger partial charge is 0.508 e. The second kappa shape index (κ2) is 12.9. The lowest BCUT2D eigenvalue weighted by Crippen LogP contribution is -2.58. The number of carbonyl (C=O) groups is 4. The zero-order valence-electron chi connectivity index (χ0n) is 21.7. The first-order valence-corrected chi connectivity index (χ1v) is 13.9. The normalized spacial score (nSPS) is 21.5. The molecule has 1 saturated carbocycles. The van der Waals surface area contributed by atoms with E-state index in [9.17, 15) is 24.3 Å². The molecule has 2 heterocycles. The molecule has 9 heteroatoms. The Balaban J connectivity index is 1.19. The van der Waals surface area contributed by atoms with Gasteiger partial charge in [-0.05, 0) is 55.7 Å². The van der Waals surface area contributed by atoms with Crippen LogP contribution in [0.2, 0.25) is 0 Å². The monoisotopic (exact) mass is 512 g/mol. The van der Waals surface area contributed by atoms with Gasteiger partial charge in [-0.3, -0.25) is 19.2 Å². The molecule has 2 N–H and O–H groups in total. The molecular formula is C28H40N4O5. The van der Waals surface area contributed by atoms with Crippen LogP contribution in [0.1, 0.15) is 63.4 Å². The van der Waals surface area contributed by atoms with Crippen LogP contribution in [-0.2, 0) is 25.6 Å². The average molecular weight is 513 g/mol. The van der Waals surface area contributed by atoms with Gasteiger partial charge < -0.3 is 25.1 Å². The van der Waals surface area contributed by atoms with Crippen LogP contribution in [0.5, 0.6) is 5.75 Å². The summed E-state index contributed by atoms with van der Waals surface area (Å²) in [5, 5.41) is 12.1. The Morgan fingerprint density at radius 3 is 2.16 bits per heavy atom. The van der Waals surface area contributed by atoms with Gasteiger partial charge in [0.05, 0.1) is 0 Å². The van der Waals surface area contributed by atoms with Crippen LogP contribution < -0.4 is 5.32 Å². The molecule has 4 rings (SSSR count). The Bertz CT molecular complexity index is 960. The van der Waals surface area contributed by atoms with Crippen LogP contribution in [0, 0.1) is 5.92 Å². The fraction of sp³-hybridized carbons (Fsp3) is 0.643. The van der Waals surface area contributed by atoms with Gasteiger partial charge in [-0.2, -0.15) is 0 Å². The summed E-state index contributed by atoms with van der Waals surface area (Å²) in [4.78, 5) is 54.8. The summed E-state index contributed by atoms with van der Waals surface area (Å²) in [5.41, 5.74) is 0.983. The molecule has 1 atom stereocenters. The molecule has 1 aromatic rings. The van der Waals surface area contributed by atoms with E-state index in [0.717, 1.165) is 24.8 Å². The fourth-order valence-corrected chi connectivity index (χ4v) is 5.79. The Hall–Kier alpha value is -3.10. The van der Waals surface area contributed by atoms with Gasteiger partial charge in [0.15, 0.2) is 0 Å². The average Bonchev–Trinajstić information content (AvgIpc) is 2.91. The molecule has 0 radical (unpaired) electrons. The molecular weight excluding hydrogens is 472 g/mol. The number of carbonyl (C=O) groups excluding carboxylic acids is 4. The highest BCUT2D eigenvalue weighted by atomic mass is 16.3. The molecule has 3 fully saturated rings. The third-order valence-corrected chi connectivity index (χ3v) is 8.12. The summed E-state index contributed by atoms with van der Waals surface area (Å²) in [6.45, 7) is 3.23. The van der Waals surface area contributed by atoms with Gasteiger partial charge in [0.2, 0.25) is 0 Å². The van der Waals surface area contributed by atoms with Crippen molar-refractivity contribution < 1.29 is 24.3 Å². The molecule has 9 nitrogen and oxygen atoms in total. The van der Waals surface area contributed by atoms with Crippen molar-refractivity contribution in [1.29, 1.82) is 0 Å². The number of hydrogen-bond acceptors (Lipinski definition) is 5. The van der Waals surface area contributed by atoms with Gasteiger partial charge in [0, 0.05) is 45.3 Å². The number of benzene rings is 1. The molecule has 0 spiro atoms. The van der Waals surface area contributed by atoms with Crippen molar-refractivity contribution >= 4 is 23.6 Å². The molecule has 0 bridgehead atoms. The number of phenolic OH excluding ortho intramolecular Hbond substituents is 1. The van der Waals surface area contributed by atoms with Crippen LogP contribution in [0.4, 0.5) is 0 Å². The number of phenols is 1.